The van der Waals surface area contributed by atoms with Gasteiger partial charge in [0.1, 0.15) is 5.58 Å². The summed E-state index contributed by atoms with van der Waals surface area (Å²) in [7, 11) is 0. The van der Waals surface area contributed by atoms with E-state index in [1.807, 2.05) is 18.2 Å². The van der Waals surface area contributed by atoms with Crippen LogP contribution < -0.4 is 5.63 Å². The monoisotopic (exact) mass is 223 g/mol. The minimum Gasteiger partial charge on any atom is -0.423 e. The predicted molar refractivity (Wildman–Crippen MR) is 64.2 cm³/mol. The predicted octanol–water partition coefficient (Wildman–Crippen LogP) is 2.45. The molecule has 0 amide bonds. The fraction of sp³-hybridized carbons (Fsp3) is 0.143. The first-order valence-corrected chi connectivity index (χ1v) is 5.20. The van der Waals surface area contributed by atoms with Gasteiger partial charge in [-0.1, -0.05) is 24.0 Å². The first-order chi connectivity index (χ1) is 8.31. The van der Waals surface area contributed by atoms with E-state index >= 15 is 0 Å². The molecule has 2 aromatic rings. The van der Waals surface area contributed by atoms with Gasteiger partial charge in [-0.05, 0) is 12.1 Å². The highest BCUT2D eigenvalue weighted by atomic mass is 16.4. The molecule has 0 aliphatic rings. The van der Waals surface area contributed by atoms with Gasteiger partial charge in [-0.15, -0.1) is 0 Å². The first-order valence-electron chi connectivity index (χ1n) is 5.20. The fourth-order valence-corrected chi connectivity index (χ4v) is 1.49. The smallest absolute Gasteiger partial charge is 0.337 e. The molecule has 0 saturated carbocycles. The molecule has 0 aliphatic carbocycles. The van der Waals surface area contributed by atoms with Crippen molar-refractivity contribution in [2.75, 3.05) is 0 Å². The summed E-state index contributed by atoms with van der Waals surface area (Å²) < 4.78 is 5.05. The van der Waals surface area contributed by atoms with Crippen LogP contribution in [0.4, 0.5) is 0 Å². The largest absolute Gasteiger partial charge is 0.423 e. The van der Waals surface area contributed by atoms with Crippen LogP contribution in [0, 0.1) is 23.2 Å². The Hall–Kier alpha value is -2.52. The van der Waals surface area contributed by atoms with Gasteiger partial charge in [-0.2, -0.15) is 5.26 Å². The number of nitrogens with zero attached hydrogens (tertiary/aromatic N) is 1. The summed E-state index contributed by atoms with van der Waals surface area (Å²) in [5, 5.41) is 9.21. The molecule has 2 rings (SSSR count). The van der Waals surface area contributed by atoms with E-state index in [2.05, 4.69) is 11.8 Å². The highest BCUT2D eigenvalue weighted by molar-refractivity contribution is 5.82. The van der Waals surface area contributed by atoms with Crippen LogP contribution >= 0.6 is 0 Å². The second-order valence-electron chi connectivity index (χ2n) is 3.44. The molecule has 0 unspecified atom stereocenters. The van der Waals surface area contributed by atoms with E-state index in [0.717, 1.165) is 5.39 Å². The van der Waals surface area contributed by atoms with Gasteiger partial charge in [0.05, 0.1) is 6.07 Å². The fourth-order valence-electron chi connectivity index (χ4n) is 1.49. The SMILES string of the molecule is N#CCCC#Cc1cc(=O)oc2ccccc12. The Labute approximate surface area is 98.3 Å². The molecule has 1 aromatic carbocycles. The molecule has 0 saturated heterocycles. The quantitative estimate of drug-likeness (QED) is 0.424. The van der Waals surface area contributed by atoms with Gasteiger partial charge in [0, 0.05) is 29.9 Å². The Kier molecular flexibility index (Phi) is 3.23. The van der Waals surface area contributed by atoms with E-state index < -0.39 is 5.63 Å². The average molecular weight is 223 g/mol. The van der Waals surface area contributed by atoms with Crippen LogP contribution in [0.3, 0.4) is 0 Å². The summed E-state index contributed by atoms with van der Waals surface area (Å²) in [4.78, 5) is 11.3. The zero-order valence-corrected chi connectivity index (χ0v) is 9.06. The van der Waals surface area contributed by atoms with Crippen LogP contribution in [-0.2, 0) is 0 Å². The highest BCUT2D eigenvalue weighted by Crippen LogP contribution is 2.15. The number of rotatable bonds is 1. The van der Waals surface area contributed by atoms with Crippen molar-refractivity contribution in [2.24, 2.45) is 0 Å². The molecule has 3 nitrogen and oxygen atoms in total. The van der Waals surface area contributed by atoms with E-state index in [-0.39, 0.29) is 0 Å². The van der Waals surface area contributed by atoms with Crippen molar-refractivity contribution in [2.45, 2.75) is 12.8 Å². The molecule has 1 aromatic heterocycles. The van der Waals surface area contributed by atoms with Gasteiger partial charge in [0.15, 0.2) is 0 Å². The van der Waals surface area contributed by atoms with Crippen molar-refractivity contribution in [3.8, 4) is 17.9 Å². The summed E-state index contributed by atoms with van der Waals surface area (Å²) in [6, 6.07) is 10.7. The van der Waals surface area contributed by atoms with Crippen molar-refractivity contribution in [3.63, 3.8) is 0 Å². The topological polar surface area (TPSA) is 54.0 Å². The Morgan fingerprint density at radius 2 is 2.06 bits per heavy atom. The molecular weight excluding hydrogens is 214 g/mol. The molecule has 0 radical (unpaired) electrons. The lowest BCUT2D eigenvalue weighted by atomic mass is 10.1. The molecule has 82 valence electrons. The number of nitriles is 1. The molecule has 0 fully saturated rings. The third-order valence-corrected chi connectivity index (χ3v) is 2.23. The lowest BCUT2D eigenvalue weighted by molar-refractivity contribution is 0.560. The number of hydrogen-bond acceptors (Lipinski definition) is 3. The van der Waals surface area contributed by atoms with E-state index in [1.54, 1.807) is 12.1 Å². The lowest BCUT2D eigenvalue weighted by Gasteiger charge is -1.97. The Balaban J connectivity index is 2.49. The molecule has 1 heterocycles. The van der Waals surface area contributed by atoms with Crippen LogP contribution in [0.1, 0.15) is 18.4 Å². The molecule has 0 aliphatic heterocycles. The van der Waals surface area contributed by atoms with E-state index in [1.165, 1.54) is 6.07 Å². The maximum absolute atomic E-state index is 11.3. The van der Waals surface area contributed by atoms with Gasteiger partial charge in [-0.3, -0.25) is 0 Å². The van der Waals surface area contributed by atoms with Crippen molar-refractivity contribution in [1.29, 1.82) is 5.26 Å². The molecule has 0 spiro atoms. The summed E-state index contributed by atoms with van der Waals surface area (Å²) in [5.41, 5.74) is 0.771. The van der Waals surface area contributed by atoms with Crippen LogP contribution in [0.5, 0.6) is 0 Å². The van der Waals surface area contributed by atoms with Gasteiger partial charge in [-0.25, -0.2) is 4.79 Å². The maximum Gasteiger partial charge on any atom is 0.337 e. The number of hydrogen-bond donors (Lipinski definition) is 0. The number of para-hydroxylation sites is 1. The van der Waals surface area contributed by atoms with Crippen molar-refractivity contribution in [3.05, 3.63) is 46.3 Å². The van der Waals surface area contributed by atoms with Gasteiger partial charge < -0.3 is 4.42 Å². The zero-order chi connectivity index (χ0) is 12.1. The lowest BCUT2D eigenvalue weighted by Crippen LogP contribution is -1.98. The molecule has 0 bridgehead atoms. The van der Waals surface area contributed by atoms with Gasteiger partial charge >= 0.3 is 5.63 Å². The Bertz CT molecular complexity index is 696. The van der Waals surface area contributed by atoms with Crippen LogP contribution in [0.2, 0.25) is 0 Å². The third-order valence-electron chi connectivity index (χ3n) is 2.23. The number of fused-ring (bicyclic) bond motifs is 1. The molecule has 3 heteroatoms. The second-order valence-corrected chi connectivity index (χ2v) is 3.44. The Morgan fingerprint density at radius 1 is 1.24 bits per heavy atom. The summed E-state index contributed by atoms with van der Waals surface area (Å²) in [6.07, 6.45) is 0.900. The van der Waals surface area contributed by atoms with Crippen molar-refractivity contribution in [1.82, 2.24) is 0 Å². The van der Waals surface area contributed by atoms with E-state index in [0.29, 0.717) is 24.0 Å². The first kappa shape index (κ1) is 11.0. The van der Waals surface area contributed by atoms with E-state index in [9.17, 15) is 4.79 Å². The van der Waals surface area contributed by atoms with Crippen LogP contribution in [0.15, 0.2) is 39.5 Å². The summed E-state index contributed by atoms with van der Waals surface area (Å²) >= 11 is 0. The number of benzene rings is 1. The molecule has 0 N–H and O–H groups in total. The number of unbranched alkanes of at least 4 members (excludes halogenated alkanes) is 1. The van der Waals surface area contributed by atoms with Crippen LogP contribution in [-0.4, -0.2) is 0 Å². The molecule has 0 atom stereocenters. The minimum atomic E-state index is -0.409. The van der Waals surface area contributed by atoms with Crippen molar-refractivity contribution < 1.29 is 4.42 Å². The molecule has 17 heavy (non-hydrogen) atoms. The minimum absolute atomic E-state index is 0.395. The van der Waals surface area contributed by atoms with Crippen LogP contribution in [0.25, 0.3) is 11.0 Å². The summed E-state index contributed by atoms with van der Waals surface area (Å²) in [5.74, 6) is 5.77. The molecular formula is C14H9NO2. The summed E-state index contributed by atoms with van der Waals surface area (Å²) in [6.45, 7) is 0. The van der Waals surface area contributed by atoms with Gasteiger partial charge in [0.25, 0.3) is 0 Å². The van der Waals surface area contributed by atoms with E-state index in [4.69, 9.17) is 9.68 Å². The van der Waals surface area contributed by atoms with Crippen molar-refractivity contribution >= 4 is 11.0 Å². The third kappa shape index (κ3) is 2.53. The normalized spacial score (nSPS) is 9.35. The zero-order valence-electron chi connectivity index (χ0n) is 9.06. The second kappa shape index (κ2) is 5.01. The standard InChI is InChI=1S/C14H9NO2/c15-9-5-1-2-6-11-10-14(16)17-13-8-4-3-7-12(11)13/h3-4,7-8,10H,1,5H2. The maximum atomic E-state index is 11.3. The Morgan fingerprint density at radius 3 is 2.88 bits per heavy atom. The highest BCUT2D eigenvalue weighted by Gasteiger charge is 2.01. The average Bonchev–Trinajstić information content (AvgIpc) is 2.34. The van der Waals surface area contributed by atoms with Gasteiger partial charge in [0.2, 0.25) is 0 Å².